The standard InChI is InChI=1S/C18H24N2O4/c1-3-24-18(23)15-7-5-9-20(11-15)12-17(22)19-16-8-4-6-14(10-16)13(2)21/h4,6,8,10,15H,3,5,7,9,11-12H2,1-2H3,(H,19,22)/p+1/t15-/m1/s1. The van der Waals surface area contributed by atoms with E-state index in [-0.39, 0.29) is 23.6 Å². The van der Waals surface area contributed by atoms with Crippen molar-refractivity contribution in [2.45, 2.75) is 26.7 Å². The predicted octanol–water partition coefficient (Wildman–Crippen LogP) is 0.686. The van der Waals surface area contributed by atoms with Crippen LogP contribution in [0.3, 0.4) is 0 Å². The van der Waals surface area contributed by atoms with Gasteiger partial charge in [0.05, 0.1) is 19.7 Å². The van der Waals surface area contributed by atoms with E-state index in [9.17, 15) is 14.4 Å². The maximum Gasteiger partial charge on any atom is 0.314 e. The van der Waals surface area contributed by atoms with Gasteiger partial charge in [0.1, 0.15) is 5.92 Å². The summed E-state index contributed by atoms with van der Waals surface area (Å²) < 4.78 is 5.08. The second-order valence-electron chi connectivity index (χ2n) is 6.16. The van der Waals surface area contributed by atoms with Crippen molar-refractivity contribution in [2.75, 3.05) is 31.6 Å². The Morgan fingerprint density at radius 2 is 2.12 bits per heavy atom. The molecule has 1 unspecified atom stereocenters. The highest BCUT2D eigenvalue weighted by atomic mass is 16.5. The first-order valence-corrected chi connectivity index (χ1v) is 8.40. The lowest BCUT2D eigenvalue weighted by atomic mass is 9.98. The number of likely N-dealkylation sites (tertiary alicyclic amines) is 1. The van der Waals surface area contributed by atoms with Crippen LogP contribution in [0.4, 0.5) is 5.69 Å². The largest absolute Gasteiger partial charge is 0.466 e. The number of carbonyl (C=O) groups excluding carboxylic acids is 3. The van der Waals surface area contributed by atoms with E-state index in [0.717, 1.165) is 24.3 Å². The molecular weight excluding hydrogens is 308 g/mol. The van der Waals surface area contributed by atoms with Crippen molar-refractivity contribution >= 4 is 23.3 Å². The number of piperidine rings is 1. The van der Waals surface area contributed by atoms with Crippen LogP contribution in [-0.4, -0.2) is 43.9 Å². The average Bonchev–Trinajstić information content (AvgIpc) is 2.55. The summed E-state index contributed by atoms with van der Waals surface area (Å²) in [5.74, 6) is -0.438. The molecule has 1 saturated heterocycles. The Kier molecular flexibility index (Phi) is 6.49. The minimum absolute atomic E-state index is 0.0370. The smallest absolute Gasteiger partial charge is 0.314 e. The SMILES string of the molecule is CCOC(=O)[C@@H]1CCC[NH+](CC(=O)Nc2cccc(C(C)=O)c2)C1. The Balaban J connectivity index is 1.89. The minimum Gasteiger partial charge on any atom is -0.466 e. The van der Waals surface area contributed by atoms with E-state index >= 15 is 0 Å². The summed E-state index contributed by atoms with van der Waals surface area (Å²) in [4.78, 5) is 36.6. The van der Waals surface area contributed by atoms with Crippen LogP contribution in [0.15, 0.2) is 24.3 Å². The van der Waals surface area contributed by atoms with Crippen LogP contribution < -0.4 is 10.2 Å². The van der Waals surface area contributed by atoms with Gasteiger partial charge in [0.25, 0.3) is 5.91 Å². The van der Waals surface area contributed by atoms with Crippen LogP contribution in [0.5, 0.6) is 0 Å². The predicted molar refractivity (Wildman–Crippen MR) is 90.0 cm³/mol. The molecule has 130 valence electrons. The summed E-state index contributed by atoms with van der Waals surface area (Å²) in [6, 6.07) is 6.90. The van der Waals surface area contributed by atoms with Crippen molar-refractivity contribution in [2.24, 2.45) is 5.92 Å². The van der Waals surface area contributed by atoms with Crippen molar-refractivity contribution in [1.29, 1.82) is 0 Å². The number of benzene rings is 1. The molecule has 6 nitrogen and oxygen atoms in total. The number of ketones is 1. The summed E-state index contributed by atoms with van der Waals surface area (Å²) in [6.07, 6.45) is 1.73. The summed E-state index contributed by atoms with van der Waals surface area (Å²) in [6.45, 7) is 5.48. The number of quaternary nitrogens is 1. The highest BCUT2D eigenvalue weighted by Gasteiger charge is 2.30. The average molecular weight is 333 g/mol. The lowest BCUT2D eigenvalue weighted by molar-refractivity contribution is -0.899. The lowest BCUT2D eigenvalue weighted by Crippen LogP contribution is -3.14. The van der Waals surface area contributed by atoms with Crippen LogP contribution >= 0.6 is 0 Å². The molecule has 0 radical (unpaired) electrons. The molecule has 0 bridgehead atoms. The van der Waals surface area contributed by atoms with Gasteiger partial charge in [0, 0.05) is 11.3 Å². The monoisotopic (exact) mass is 333 g/mol. The van der Waals surface area contributed by atoms with Gasteiger partial charge in [0.2, 0.25) is 0 Å². The molecule has 6 heteroatoms. The molecule has 24 heavy (non-hydrogen) atoms. The third kappa shape index (κ3) is 5.16. The van der Waals surface area contributed by atoms with Gasteiger partial charge in [-0.3, -0.25) is 14.4 Å². The second-order valence-corrected chi connectivity index (χ2v) is 6.16. The summed E-state index contributed by atoms with van der Waals surface area (Å²) >= 11 is 0. The molecule has 2 atom stereocenters. The molecule has 1 heterocycles. The van der Waals surface area contributed by atoms with Crippen LogP contribution in [0, 0.1) is 5.92 Å². The number of nitrogens with one attached hydrogen (secondary N) is 2. The van der Waals surface area contributed by atoms with Gasteiger partial charge in [0.15, 0.2) is 12.3 Å². The van der Waals surface area contributed by atoms with E-state index in [1.165, 1.54) is 6.92 Å². The van der Waals surface area contributed by atoms with Crippen LogP contribution in [0.2, 0.25) is 0 Å². The summed E-state index contributed by atoms with van der Waals surface area (Å²) in [5.41, 5.74) is 1.19. The van der Waals surface area contributed by atoms with E-state index in [1.54, 1.807) is 31.2 Å². The van der Waals surface area contributed by atoms with Crippen molar-refractivity contribution in [3.05, 3.63) is 29.8 Å². The van der Waals surface area contributed by atoms with Crippen molar-refractivity contribution in [3.63, 3.8) is 0 Å². The van der Waals surface area contributed by atoms with E-state index in [2.05, 4.69) is 5.32 Å². The van der Waals surface area contributed by atoms with Gasteiger partial charge >= 0.3 is 5.97 Å². The number of rotatable bonds is 6. The number of hydrogen-bond acceptors (Lipinski definition) is 4. The molecule has 2 N–H and O–H groups in total. The Morgan fingerprint density at radius 1 is 1.33 bits per heavy atom. The number of amides is 1. The van der Waals surface area contributed by atoms with Crippen molar-refractivity contribution < 1.29 is 24.0 Å². The van der Waals surface area contributed by atoms with Crippen molar-refractivity contribution in [3.8, 4) is 0 Å². The minimum atomic E-state index is -0.163. The number of Topliss-reactive ketones (excluding diaryl/α,β-unsaturated/α-hetero) is 1. The highest BCUT2D eigenvalue weighted by Crippen LogP contribution is 2.11. The third-order valence-electron chi connectivity index (χ3n) is 4.20. The molecule has 1 fully saturated rings. The van der Waals surface area contributed by atoms with E-state index in [0.29, 0.717) is 30.9 Å². The number of hydrogen-bond donors (Lipinski definition) is 2. The molecule has 2 rings (SSSR count). The first kappa shape index (κ1) is 18.1. The van der Waals surface area contributed by atoms with E-state index < -0.39 is 0 Å². The Bertz CT molecular complexity index is 615. The summed E-state index contributed by atoms with van der Waals surface area (Å²) in [5, 5.41) is 2.83. The molecular formula is C18H25N2O4+. The van der Waals surface area contributed by atoms with E-state index in [1.807, 2.05) is 0 Å². The van der Waals surface area contributed by atoms with Gasteiger partial charge < -0.3 is 15.0 Å². The fourth-order valence-electron chi connectivity index (χ4n) is 3.02. The van der Waals surface area contributed by atoms with Crippen LogP contribution in [-0.2, 0) is 14.3 Å². The van der Waals surface area contributed by atoms with Gasteiger partial charge in [-0.1, -0.05) is 12.1 Å². The van der Waals surface area contributed by atoms with Gasteiger partial charge in [-0.25, -0.2) is 0 Å². The Morgan fingerprint density at radius 3 is 2.83 bits per heavy atom. The quantitative estimate of drug-likeness (QED) is 0.593. The Labute approximate surface area is 142 Å². The van der Waals surface area contributed by atoms with Gasteiger partial charge in [-0.05, 0) is 38.8 Å². The molecule has 0 aliphatic carbocycles. The molecule has 1 aromatic rings. The lowest BCUT2D eigenvalue weighted by Gasteiger charge is -2.28. The highest BCUT2D eigenvalue weighted by molar-refractivity contribution is 5.97. The van der Waals surface area contributed by atoms with E-state index in [4.69, 9.17) is 4.74 Å². The van der Waals surface area contributed by atoms with Crippen LogP contribution in [0.25, 0.3) is 0 Å². The maximum absolute atomic E-state index is 12.2. The molecule has 1 aliphatic rings. The zero-order valence-corrected chi connectivity index (χ0v) is 14.3. The van der Waals surface area contributed by atoms with Crippen molar-refractivity contribution in [1.82, 2.24) is 0 Å². The molecule has 1 aromatic carbocycles. The summed E-state index contributed by atoms with van der Waals surface area (Å²) in [7, 11) is 0. The fourth-order valence-corrected chi connectivity index (χ4v) is 3.02. The zero-order valence-electron chi connectivity index (χ0n) is 14.3. The molecule has 0 spiro atoms. The van der Waals surface area contributed by atoms with Gasteiger partial charge in [-0.2, -0.15) is 0 Å². The number of anilines is 1. The van der Waals surface area contributed by atoms with Crippen LogP contribution in [0.1, 0.15) is 37.0 Å². The molecule has 1 aliphatic heterocycles. The molecule has 1 amide bonds. The van der Waals surface area contributed by atoms with Gasteiger partial charge in [-0.15, -0.1) is 0 Å². The molecule has 0 saturated carbocycles. The third-order valence-corrected chi connectivity index (χ3v) is 4.20. The number of esters is 1. The topological polar surface area (TPSA) is 76.9 Å². The maximum atomic E-state index is 12.2. The first-order valence-electron chi connectivity index (χ1n) is 8.40. The number of ether oxygens (including phenoxy) is 1. The first-order chi connectivity index (χ1) is 11.5. The zero-order chi connectivity index (χ0) is 17.5. The fraction of sp³-hybridized carbons (Fsp3) is 0.500. The normalized spacial score (nSPS) is 20.2. The molecule has 0 aromatic heterocycles. The Hall–Kier alpha value is -2.21. The number of carbonyl (C=O) groups is 3. The second kappa shape index (κ2) is 8.59.